The molecule has 108 heavy (non-hydrogen) atoms. The molecule has 0 spiro atoms. The van der Waals surface area contributed by atoms with E-state index < -0.39 is 5.97 Å². The van der Waals surface area contributed by atoms with Crippen molar-refractivity contribution >= 4 is 68.1 Å². The zero-order chi connectivity index (χ0) is 74.2. The molecule has 0 fully saturated rings. The Labute approximate surface area is 615 Å². The van der Waals surface area contributed by atoms with Gasteiger partial charge in [0.15, 0.2) is 0 Å². The van der Waals surface area contributed by atoms with E-state index in [2.05, 4.69) is 136 Å². The average Bonchev–Trinajstić information content (AvgIpc) is 1.61. The lowest BCUT2D eigenvalue weighted by Crippen LogP contribution is -2.00. The fourth-order valence-corrected chi connectivity index (χ4v) is 13.2. The smallest absolute Gasteiger partial charge is 0.373 e. The molecule has 18 nitrogen and oxygen atoms in total. The van der Waals surface area contributed by atoms with Crippen LogP contribution in [-0.2, 0) is 23.9 Å². The van der Waals surface area contributed by atoms with Gasteiger partial charge in [0.25, 0.3) is 0 Å². The largest absolute Gasteiger partial charge is 0.478 e. The number of furan rings is 2. The van der Waals surface area contributed by atoms with E-state index in [1.807, 2.05) is 152 Å². The van der Waals surface area contributed by atoms with Crippen LogP contribution in [0.15, 0.2) is 306 Å². The highest BCUT2D eigenvalue weighted by Gasteiger charge is 2.24. The molecule has 0 radical (unpaired) electrons. The number of carboxylic acids is 1. The van der Waals surface area contributed by atoms with Crippen LogP contribution >= 0.6 is 0 Å². The number of aromatic nitrogens is 8. The van der Waals surface area contributed by atoms with Gasteiger partial charge in [-0.05, 0) is 104 Å². The van der Waals surface area contributed by atoms with E-state index in [4.69, 9.17) is 52.7 Å². The number of methoxy groups -OCH3 is 1. The van der Waals surface area contributed by atoms with Gasteiger partial charge in [-0.3, -0.25) is 0 Å². The summed E-state index contributed by atoms with van der Waals surface area (Å²) in [5.74, 6) is 1.62. The summed E-state index contributed by atoms with van der Waals surface area (Å²) in [5.41, 5.74) is 23.7. The quantitative estimate of drug-likeness (QED) is 0.0634. The Hall–Kier alpha value is -15.2. The molecule has 0 bridgehead atoms. The molecule has 6 heterocycles. The standard InChI is InChI=1S/C45H32N4O3.C43H28N4O3.2CO2/c1-27-13-15-30(16-14-27)43-46-39(28-9-5-3-6-10-28)41(48-43)33-21-23-37-35(25-33)36-26-34(22-24-38(36)52-37)42-40(29-11-7-4-8-12-29)47-44(49-42)31-17-19-32(20-18-31)45(50)51-2;48-43(49)30-18-16-29(17-19-30)42-45-38(27-12-6-2-7-13-27)40(47-42)32-21-23-36-34(25-32)33-24-31(20-22-35(33)50-36)39-37(26-10-4-1-5-11-26)44-41(46-39)28-14-8-3-9-15-28;2*2-1-3/h3-26H,1-2H3,(H,46,48)(H,47,49);1-25H,(H,44,46)(H,45,47)(H,48,49);;. The Bertz CT molecular complexity index is 6360. The maximum atomic E-state index is 12.1. The first-order valence-electron chi connectivity index (χ1n) is 34.1. The first kappa shape index (κ1) is 68.5. The summed E-state index contributed by atoms with van der Waals surface area (Å²) in [7, 11) is 1.38. The first-order valence-corrected chi connectivity index (χ1v) is 34.1. The minimum atomic E-state index is -0.967. The van der Waals surface area contributed by atoms with Gasteiger partial charge >= 0.3 is 24.2 Å². The molecule has 5 N–H and O–H groups in total. The maximum absolute atomic E-state index is 12.1. The number of benzene rings is 12. The van der Waals surface area contributed by atoms with Crippen LogP contribution in [-0.4, -0.2) is 76.3 Å². The predicted octanol–water partition coefficient (Wildman–Crippen LogP) is 20.7. The summed E-state index contributed by atoms with van der Waals surface area (Å²) >= 11 is 0. The zero-order valence-electron chi connectivity index (χ0n) is 57.7. The second-order valence-corrected chi connectivity index (χ2v) is 25.1. The van der Waals surface area contributed by atoms with Crippen molar-refractivity contribution in [3.63, 3.8) is 0 Å². The molecule has 18 aromatic rings. The van der Waals surface area contributed by atoms with Crippen LogP contribution in [0.5, 0.6) is 0 Å². The number of rotatable bonds is 14. The van der Waals surface area contributed by atoms with Gasteiger partial charge in [0.2, 0.25) is 0 Å². The van der Waals surface area contributed by atoms with Gasteiger partial charge in [-0.2, -0.15) is 19.2 Å². The average molecular weight is 1410 g/mol. The third kappa shape index (κ3) is 14.0. The lowest BCUT2D eigenvalue weighted by molar-refractivity contribution is -0.193. The molecular formula is C90H60N8O10. The van der Waals surface area contributed by atoms with Crippen LogP contribution in [0, 0.1) is 6.92 Å². The molecule has 0 amide bonds. The second kappa shape index (κ2) is 30.4. The minimum Gasteiger partial charge on any atom is -0.478 e. The summed E-state index contributed by atoms with van der Waals surface area (Å²) in [6.07, 6.45) is 0.500. The number of H-pyrrole nitrogens is 4. The second-order valence-electron chi connectivity index (χ2n) is 25.1. The normalized spacial score (nSPS) is 10.9. The van der Waals surface area contributed by atoms with Gasteiger partial charge in [0.1, 0.15) is 45.6 Å². The number of aromatic amines is 4. The lowest BCUT2D eigenvalue weighted by atomic mass is 10.0. The summed E-state index contributed by atoms with van der Waals surface area (Å²) in [6, 6.07) is 98.2. The Balaban J connectivity index is 0.000000161. The van der Waals surface area contributed by atoms with Crippen LogP contribution in [0.3, 0.4) is 0 Å². The van der Waals surface area contributed by atoms with Crippen molar-refractivity contribution in [1.82, 2.24) is 39.9 Å². The van der Waals surface area contributed by atoms with Crippen molar-refractivity contribution in [2.45, 2.75) is 6.92 Å². The molecule has 18 rings (SSSR count). The SMILES string of the molecule is COC(=O)c1ccc(-c2nc(-c3ccc4oc5ccc(-c6nc(-c7ccc(C)cc7)[nH]c6-c6ccccc6)cc5c4c3)c(-c3ccccc3)[nH]2)cc1.O=C(O)c1ccc(-c2nc(-c3ccc4oc5ccc(-c6nc(-c7ccccc7)[nH]c6-c6ccccc6)cc5c4c3)c(-c3ccccc3)[nH]2)cc1.O=C=O.O=C=O. The fraction of sp³-hybridized carbons (Fsp3) is 0.0222. The number of aromatic carboxylic acids is 1. The van der Waals surface area contributed by atoms with Crippen molar-refractivity contribution in [2.75, 3.05) is 7.11 Å². The summed E-state index contributed by atoms with van der Waals surface area (Å²) in [5, 5.41) is 13.3. The summed E-state index contributed by atoms with van der Waals surface area (Å²) in [6.45, 7) is 2.09. The van der Waals surface area contributed by atoms with Gasteiger partial charge < -0.3 is 38.6 Å². The highest BCUT2D eigenvalue weighted by molar-refractivity contribution is 6.10. The molecule has 12 aromatic carbocycles. The number of fused-ring (bicyclic) bond motifs is 6. The van der Waals surface area contributed by atoms with Crippen molar-refractivity contribution in [3.05, 3.63) is 314 Å². The molecule has 0 aliphatic carbocycles. The van der Waals surface area contributed by atoms with Crippen LogP contribution < -0.4 is 0 Å². The van der Waals surface area contributed by atoms with Gasteiger partial charge in [-0.25, -0.2) is 29.5 Å². The molecule has 0 aliphatic heterocycles. The molecule has 0 unspecified atom stereocenters. The number of nitrogens with zero attached hydrogens (tertiary/aromatic N) is 4. The third-order valence-electron chi connectivity index (χ3n) is 18.5. The Morgan fingerprint density at radius 1 is 0.315 bits per heavy atom. The number of carbonyl (C=O) groups excluding carboxylic acids is 5. The molecule has 18 heteroatoms. The molecule has 0 saturated heterocycles. The molecule has 0 saturated carbocycles. The predicted molar refractivity (Wildman–Crippen MR) is 414 cm³/mol. The molecule has 520 valence electrons. The van der Waals surface area contributed by atoms with Crippen molar-refractivity contribution < 1.29 is 47.4 Å². The number of esters is 1. The van der Waals surface area contributed by atoms with E-state index in [9.17, 15) is 14.7 Å². The van der Waals surface area contributed by atoms with E-state index >= 15 is 0 Å². The highest BCUT2D eigenvalue weighted by Crippen LogP contribution is 2.43. The zero-order valence-corrected chi connectivity index (χ0v) is 57.7. The van der Waals surface area contributed by atoms with Crippen LogP contribution in [0.4, 0.5) is 0 Å². The van der Waals surface area contributed by atoms with E-state index in [1.54, 1.807) is 36.4 Å². The van der Waals surface area contributed by atoms with E-state index in [0.717, 1.165) is 168 Å². The lowest BCUT2D eigenvalue weighted by Gasteiger charge is -2.04. The number of carbonyl (C=O) groups is 2. The van der Waals surface area contributed by atoms with Crippen molar-refractivity contribution in [3.8, 4) is 136 Å². The number of nitrogens with one attached hydrogen (secondary N) is 4. The maximum Gasteiger partial charge on any atom is 0.373 e. The molecular weight excluding hydrogens is 1350 g/mol. The topological polar surface area (TPSA) is 273 Å². The number of hydrogen-bond donors (Lipinski definition) is 5. The molecule has 0 atom stereocenters. The van der Waals surface area contributed by atoms with Gasteiger partial charge in [-0.15, -0.1) is 0 Å². The van der Waals surface area contributed by atoms with E-state index in [1.165, 1.54) is 12.7 Å². The number of aryl methyl sites for hydroxylation is 1. The number of hydrogen-bond acceptors (Lipinski definition) is 13. The summed E-state index contributed by atoms with van der Waals surface area (Å²) in [4.78, 5) is 90.8. The number of imidazole rings is 4. The van der Waals surface area contributed by atoms with Gasteiger partial charge in [-0.1, -0.05) is 206 Å². The molecule has 0 aliphatic rings. The molecule has 6 aromatic heterocycles. The van der Waals surface area contributed by atoms with Crippen LogP contribution in [0.2, 0.25) is 0 Å². The van der Waals surface area contributed by atoms with E-state index in [0.29, 0.717) is 17.2 Å². The number of carboxylic acid groups (broad SMARTS) is 1. The van der Waals surface area contributed by atoms with Crippen LogP contribution in [0.1, 0.15) is 26.3 Å². The van der Waals surface area contributed by atoms with Gasteiger partial charge in [0, 0.05) is 88.3 Å². The van der Waals surface area contributed by atoms with Gasteiger partial charge in [0.05, 0.1) is 63.8 Å². The Morgan fingerprint density at radius 2 is 0.546 bits per heavy atom. The van der Waals surface area contributed by atoms with Crippen LogP contribution in [0.25, 0.3) is 179 Å². The number of ether oxygens (including phenoxy) is 1. The first-order chi connectivity index (χ1) is 52.9. The Kier molecular flexibility index (Phi) is 19.3. The fourth-order valence-electron chi connectivity index (χ4n) is 13.2. The van der Waals surface area contributed by atoms with Crippen molar-refractivity contribution in [2.24, 2.45) is 0 Å². The monoisotopic (exact) mass is 1410 g/mol. The van der Waals surface area contributed by atoms with Crippen molar-refractivity contribution in [1.29, 1.82) is 0 Å². The summed E-state index contributed by atoms with van der Waals surface area (Å²) < 4.78 is 17.6. The van der Waals surface area contributed by atoms with E-state index in [-0.39, 0.29) is 23.8 Å². The minimum absolute atomic E-state index is 0.225. The third-order valence-corrected chi connectivity index (χ3v) is 18.5. The Morgan fingerprint density at radius 3 is 0.806 bits per heavy atom. The highest BCUT2D eigenvalue weighted by atomic mass is 16.5.